The van der Waals surface area contributed by atoms with Crippen molar-refractivity contribution < 1.29 is 8.42 Å². The van der Waals surface area contributed by atoms with Gasteiger partial charge in [-0.2, -0.15) is 0 Å². The molecule has 2 rings (SSSR count). The summed E-state index contributed by atoms with van der Waals surface area (Å²) in [6.07, 6.45) is 5.39. The maximum atomic E-state index is 12.2. The van der Waals surface area contributed by atoms with Crippen molar-refractivity contribution in [1.29, 1.82) is 0 Å². The van der Waals surface area contributed by atoms with Crippen LogP contribution in [-0.4, -0.2) is 19.4 Å². The molecule has 0 unspecified atom stereocenters. The van der Waals surface area contributed by atoms with E-state index < -0.39 is 10.0 Å². The minimum atomic E-state index is -3.55. The second kappa shape index (κ2) is 5.24. The summed E-state index contributed by atoms with van der Waals surface area (Å²) >= 11 is 0. The number of nitrogen functional groups attached to an aromatic ring is 1. The lowest BCUT2D eigenvalue weighted by atomic mass is 9.88. The van der Waals surface area contributed by atoms with E-state index in [0.29, 0.717) is 5.92 Å². The quantitative estimate of drug-likeness (QED) is 0.871. The molecule has 3 N–H and O–H groups in total. The van der Waals surface area contributed by atoms with Crippen molar-refractivity contribution in [2.75, 3.05) is 5.73 Å². The number of nitrogens with two attached hydrogens (primary N) is 1. The summed E-state index contributed by atoms with van der Waals surface area (Å²) in [6, 6.07) is 3.08. The first-order chi connectivity index (χ1) is 8.49. The lowest BCUT2D eigenvalue weighted by Gasteiger charge is -2.26. The third-order valence-corrected chi connectivity index (χ3v) is 4.99. The molecule has 1 fully saturated rings. The molecule has 0 radical (unpaired) electrons. The monoisotopic (exact) mass is 269 g/mol. The van der Waals surface area contributed by atoms with E-state index in [0.717, 1.165) is 25.7 Å². The Hall–Kier alpha value is -1.14. The highest BCUT2D eigenvalue weighted by molar-refractivity contribution is 7.89. The van der Waals surface area contributed by atoms with Gasteiger partial charge in [0.2, 0.25) is 10.0 Å². The first kappa shape index (κ1) is 13.3. The van der Waals surface area contributed by atoms with Crippen LogP contribution in [-0.2, 0) is 10.0 Å². The molecule has 100 valence electrons. The topological polar surface area (TPSA) is 85.1 Å². The van der Waals surface area contributed by atoms with Crippen LogP contribution in [0.15, 0.2) is 23.2 Å². The summed E-state index contributed by atoms with van der Waals surface area (Å²) in [7, 11) is -3.55. The van der Waals surface area contributed by atoms with E-state index in [1.54, 1.807) is 6.07 Å². The molecule has 0 amide bonds. The second-order valence-electron chi connectivity index (χ2n) is 4.96. The van der Waals surface area contributed by atoms with Gasteiger partial charge in [-0.25, -0.2) is 18.1 Å². The molecule has 1 aromatic rings. The molecule has 0 atom stereocenters. The average molecular weight is 269 g/mol. The molecule has 1 saturated carbocycles. The Kier molecular flexibility index (Phi) is 3.87. The smallest absolute Gasteiger partial charge is 0.244 e. The zero-order valence-corrected chi connectivity index (χ0v) is 11.3. The van der Waals surface area contributed by atoms with Crippen molar-refractivity contribution >= 4 is 15.8 Å². The largest absolute Gasteiger partial charge is 0.383 e. The Morgan fingerprint density at radius 3 is 2.61 bits per heavy atom. The van der Waals surface area contributed by atoms with Crippen molar-refractivity contribution in [1.82, 2.24) is 9.71 Å². The second-order valence-corrected chi connectivity index (χ2v) is 6.65. The molecule has 0 saturated heterocycles. The summed E-state index contributed by atoms with van der Waals surface area (Å²) < 4.78 is 27.1. The number of anilines is 1. The third-order valence-electron chi connectivity index (χ3n) is 3.43. The van der Waals surface area contributed by atoms with E-state index in [-0.39, 0.29) is 16.8 Å². The van der Waals surface area contributed by atoms with E-state index in [4.69, 9.17) is 5.73 Å². The van der Waals surface area contributed by atoms with Gasteiger partial charge in [0.25, 0.3) is 0 Å². The van der Waals surface area contributed by atoms with Crippen LogP contribution >= 0.6 is 0 Å². The van der Waals surface area contributed by atoms with Gasteiger partial charge in [0.15, 0.2) is 0 Å². The summed E-state index contributed by atoms with van der Waals surface area (Å²) in [4.78, 5) is 3.88. The van der Waals surface area contributed by atoms with Crippen LogP contribution in [0.1, 0.15) is 32.6 Å². The van der Waals surface area contributed by atoms with Crippen LogP contribution in [0.2, 0.25) is 0 Å². The van der Waals surface area contributed by atoms with Gasteiger partial charge in [-0.05, 0) is 43.7 Å². The van der Waals surface area contributed by atoms with Crippen LogP contribution in [0.25, 0.3) is 0 Å². The summed E-state index contributed by atoms with van der Waals surface area (Å²) in [6.45, 7) is 2.20. The van der Waals surface area contributed by atoms with Crippen molar-refractivity contribution in [3.63, 3.8) is 0 Å². The minimum Gasteiger partial charge on any atom is -0.383 e. The zero-order valence-electron chi connectivity index (χ0n) is 10.5. The molecule has 0 aliphatic heterocycles. The Morgan fingerprint density at radius 2 is 2.00 bits per heavy atom. The van der Waals surface area contributed by atoms with Crippen LogP contribution in [0.5, 0.6) is 0 Å². The van der Waals surface area contributed by atoms with Gasteiger partial charge in [0.1, 0.15) is 10.7 Å². The molecular weight excluding hydrogens is 250 g/mol. The number of hydrogen-bond acceptors (Lipinski definition) is 4. The number of rotatable bonds is 3. The van der Waals surface area contributed by atoms with Crippen LogP contribution in [0, 0.1) is 5.92 Å². The Labute approximate surface area is 108 Å². The van der Waals surface area contributed by atoms with Crippen molar-refractivity contribution in [3.8, 4) is 0 Å². The molecule has 0 aromatic carbocycles. The van der Waals surface area contributed by atoms with Crippen LogP contribution < -0.4 is 10.5 Å². The van der Waals surface area contributed by atoms with Crippen molar-refractivity contribution in [3.05, 3.63) is 18.3 Å². The highest BCUT2D eigenvalue weighted by Crippen LogP contribution is 2.25. The molecule has 1 aliphatic carbocycles. The fourth-order valence-electron chi connectivity index (χ4n) is 2.29. The fraction of sp³-hybridized carbons (Fsp3) is 0.583. The van der Waals surface area contributed by atoms with Gasteiger partial charge in [-0.15, -0.1) is 0 Å². The molecule has 0 bridgehead atoms. The first-order valence-electron chi connectivity index (χ1n) is 6.22. The van der Waals surface area contributed by atoms with Crippen LogP contribution in [0.4, 0.5) is 5.82 Å². The molecule has 5 nitrogen and oxygen atoms in total. The van der Waals surface area contributed by atoms with Gasteiger partial charge in [0, 0.05) is 12.2 Å². The molecule has 1 aromatic heterocycles. The summed E-state index contributed by atoms with van der Waals surface area (Å²) in [5.41, 5.74) is 5.60. The maximum absolute atomic E-state index is 12.2. The molecule has 6 heteroatoms. The number of nitrogens with zero attached hydrogens (tertiary/aromatic N) is 1. The molecule has 18 heavy (non-hydrogen) atoms. The van der Waals surface area contributed by atoms with Crippen LogP contribution in [0.3, 0.4) is 0 Å². The number of pyridine rings is 1. The lowest BCUT2D eigenvalue weighted by Crippen LogP contribution is -2.37. The van der Waals surface area contributed by atoms with Gasteiger partial charge in [-0.3, -0.25) is 0 Å². The van der Waals surface area contributed by atoms with Gasteiger partial charge in [-0.1, -0.05) is 6.92 Å². The Bertz CT molecular complexity index is 508. The fourth-order valence-corrected chi connectivity index (χ4v) is 3.68. The number of nitrogens with one attached hydrogen (secondary N) is 1. The van der Waals surface area contributed by atoms with Crippen molar-refractivity contribution in [2.24, 2.45) is 5.92 Å². The highest BCUT2D eigenvalue weighted by atomic mass is 32.2. The molecule has 0 spiro atoms. The van der Waals surface area contributed by atoms with E-state index >= 15 is 0 Å². The summed E-state index contributed by atoms with van der Waals surface area (Å²) in [5, 5.41) is 0. The van der Waals surface area contributed by atoms with Crippen molar-refractivity contribution in [2.45, 2.75) is 43.5 Å². The number of hydrogen-bond donors (Lipinski definition) is 2. The SMILES string of the molecule is CC1CCC(NS(=O)(=O)c2cccnc2N)CC1. The zero-order chi connectivity index (χ0) is 13.2. The summed E-state index contributed by atoms with van der Waals surface area (Å²) in [5.74, 6) is 0.739. The predicted molar refractivity (Wildman–Crippen MR) is 70.4 cm³/mol. The van der Waals surface area contributed by atoms with E-state index in [2.05, 4.69) is 16.6 Å². The average Bonchev–Trinajstić information content (AvgIpc) is 2.32. The van der Waals surface area contributed by atoms with Gasteiger partial charge >= 0.3 is 0 Å². The van der Waals surface area contributed by atoms with E-state index in [9.17, 15) is 8.42 Å². The maximum Gasteiger partial charge on any atom is 0.244 e. The normalized spacial score (nSPS) is 24.9. The number of aromatic nitrogens is 1. The van der Waals surface area contributed by atoms with E-state index in [1.165, 1.54) is 12.3 Å². The Morgan fingerprint density at radius 1 is 1.33 bits per heavy atom. The Balaban J connectivity index is 2.11. The molecule has 1 heterocycles. The van der Waals surface area contributed by atoms with Gasteiger partial charge in [0.05, 0.1) is 0 Å². The number of sulfonamides is 1. The first-order valence-corrected chi connectivity index (χ1v) is 7.70. The van der Waals surface area contributed by atoms with Gasteiger partial charge < -0.3 is 5.73 Å². The minimum absolute atomic E-state index is 0.0193. The highest BCUT2D eigenvalue weighted by Gasteiger charge is 2.25. The lowest BCUT2D eigenvalue weighted by molar-refractivity contribution is 0.332. The standard InChI is InChI=1S/C12H19N3O2S/c1-9-4-6-10(7-5-9)15-18(16,17)11-3-2-8-14-12(11)13/h2-3,8-10,15H,4-7H2,1H3,(H2,13,14). The van der Waals surface area contributed by atoms with E-state index in [1.807, 2.05) is 0 Å². The molecular formula is C12H19N3O2S. The third kappa shape index (κ3) is 3.00. The predicted octanol–water partition coefficient (Wildman–Crippen LogP) is 1.52. The molecule has 1 aliphatic rings.